The maximum atomic E-state index is 9.79. The standard InChI is InChI=1S/C17H26ClN5O2/c1-2-3-5-16-19-14(17(18)20-16)10-22-6-4-7-23-12(9-22)8-13(21-23)15(25)11-24/h8,15,24-25H,2-7,9-11H2,1H3,(H,19,20)/t15-/m0/s1. The first-order valence-corrected chi connectivity index (χ1v) is 9.29. The average Bonchev–Trinajstić information content (AvgIpc) is 3.10. The maximum Gasteiger partial charge on any atom is 0.151 e. The van der Waals surface area contributed by atoms with Gasteiger partial charge in [-0.1, -0.05) is 24.9 Å². The smallest absolute Gasteiger partial charge is 0.151 e. The van der Waals surface area contributed by atoms with E-state index >= 15 is 0 Å². The van der Waals surface area contributed by atoms with Crippen molar-refractivity contribution < 1.29 is 10.2 Å². The van der Waals surface area contributed by atoms with E-state index in [2.05, 4.69) is 26.9 Å². The Balaban J connectivity index is 1.69. The average molecular weight is 368 g/mol. The quantitative estimate of drug-likeness (QED) is 0.696. The molecule has 0 radical (unpaired) electrons. The maximum absolute atomic E-state index is 9.79. The third kappa shape index (κ3) is 4.41. The highest BCUT2D eigenvalue weighted by atomic mass is 35.5. The summed E-state index contributed by atoms with van der Waals surface area (Å²) in [6, 6.07) is 1.88. The molecule has 0 amide bonds. The highest BCUT2D eigenvalue weighted by Crippen LogP contribution is 2.21. The van der Waals surface area contributed by atoms with Crippen LogP contribution in [0, 0.1) is 0 Å². The SMILES string of the molecule is CCCCc1nc(Cl)c(CN2CCCn3nc([C@@H](O)CO)cc3C2)[nH]1. The molecular formula is C17H26ClN5O2. The van der Waals surface area contributed by atoms with Crippen LogP contribution in [0.4, 0.5) is 0 Å². The van der Waals surface area contributed by atoms with Crippen molar-refractivity contribution >= 4 is 11.6 Å². The summed E-state index contributed by atoms with van der Waals surface area (Å²) in [4.78, 5) is 10.1. The fourth-order valence-corrected chi connectivity index (χ4v) is 3.38. The summed E-state index contributed by atoms with van der Waals surface area (Å²) in [6.45, 7) is 5.04. The van der Waals surface area contributed by atoms with Crippen molar-refractivity contribution in [2.45, 2.75) is 58.3 Å². The summed E-state index contributed by atoms with van der Waals surface area (Å²) in [6.07, 6.45) is 3.20. The number of rotatable bonds is 7. The van der Waals surface area contributed by atoms with E-state index in [-0.39, 0.29) is 6.61 Å². The molecule has 25 heavy (non-hydrogen) atoms. The number of aromatic amines is 1. The number of imidazole rings is 1. The van der Waals surface area contributed by atoms with Gasteiger partial charge in [0.05, 0.1) is 23.7 Å². The first-order valence-electron chi connectivity index (χ1n) is 8.91. The lowest BCUT2D eigenvalue weighted by Crippen LogP contribution is -2.23. The molecule has 0 aromatic carbocycles. The van der Waals surface area contributed by atoms with Gasteiger partial charge >= 0.3 is 0 Å². The normalized spacial score (nSPS) is 16.6. The van der Waals surface area contributed by atoms with Gasteiger partial charge in [-0.2, -0.15) is 5.10 Å². The number of aryl methyl sites for hydroxylation is 2. The van der Waals surface area contributed by atoms with Gasteiger partial charge in [0, 0.05) is 32.6 Å². The lowest BCUT2D eigenvalue weighted by Gasteiger charge is -2.18. The number of halogens is 1. The van der Waals surface area contributed by atoms with Crippen LogP contribution in [0.5, 0.6) is 0 Å². The molecular weight excluding hydrogens is 342 g/mol. The number of aliphatic hydroxyl groups excluding tert-OH is 2. The van der Waals surface area contributed by atoms with Crippen LogP contribution in [0.3, 0.4) is 0 Å². The monoisotopic (exact) mass is 367 g/mol. The number of unbranched alkanes of at least 4 members (excludes halogenated alkanes) is 1. The number of nitrogens with zero attached hydrogens (tertiary/aromatic N) is 4. The number of H-pyrrole nitrogens is 1. The molecule has 0 saturated heterocycles. The van der Waals surface area contributed by atoms with Gasteiger partial charge in [0.15, 0.2) is 5.15 Å². The molecule has 3 heterocycles. The molecule has 0 unspecified atom stereocenters. The predicted octanol–water partition coefficient (Wildman–Crippen LogP) is 2.03. The summed E-state index contributed by atoms with van der Waals surface area (Å²) in [5.74, 6) is 0.954. The van der Waals surface area contributed by atoms with E-state index in [1.54, 1.807) is 0 Å². The van der Waals surface area contributed by atoms with Gasteiger partial charge in [-0.15, -0.1) is 0 Å². The van der Waals surface area contributed by atoms with Gasteiger partial charge in [0.1, 0.15) is 11.9 Å². The van der Waals surface area contributed by atoms with E-state index in [0.29, 0.717) is 17.4 Å². The second-order valence-electron chi connectivity index (χ2n) is 6.60. The zero-order chi connectivity index (χ0) is 17.8. The van der Waals surface area contributed by atoms with Crippen molar-refractivity contribution in [2.24, 2.45) is 0 Å². The van der Waals surface area contributed by atoms with E-state index in [9.17, 15) is 5.11 Å². The van der Waals surface area contributed by atoms with E-state index in [0.717, 1.165) is 62.5 Å². The Morgan fingerprint density at radius 3 is 3.00 bits per heavy atom. The van der Waals surface area contributed by atoms with Gasteiger partial charge < -0.3 is 15.2 Å². The van der Waals surface area contributed by atoms with E-state index in [4.69, 9.17) is 16.7 Å². The topological polar surface area (TPSA) is 90.2 Å². The number of nitrogens with one attached hydrogen (secondary N) is 1. The summed E-state index contributed by atoms with van der Waals surface area (Å²) in [5.41, 5.74) is 2.53. The fraction of sp³-hybridized carbons (Fsp3) is 0.647. The molecule has 1 aliphatic rings. The number of aliphatic hydroxyl groups is 2. The number of fused-ring (bicyclic) bond motifs is 1. The largest absolute Gasteiger partial charge is 0.393 e. The van der Waals surface area contributed by atoms with Crippen molar-refractivity contribution in [3.63, 3.8) is 0 Å². The van der Waals surface area contributed by atoms with Gasteiger partial charge in [-0.25, -0.2) is 4.98 Å². The van der Waals surface area contributed by atoms with E-state index in [1.165, 1.54) is 0 Å². The Labute approximate surface area is 152 Å². The lowest BCUT2D eigenvalue weighted by atomic mass is 10.2. The second kappa shape index (κ2) is 8.31. The molecule has 0 saturated carbocycles. The molecule has 0 fully saturated rings. The third-order valence-corrected chi connectivity index (χ3v) is 4.87. The first-order chi connectivity index (χ1) is 12.1. The Kier molecular flexibility index (Phi) is 6.11. The Morgan fingerprint density at radius 2 is 2.24 bits per heavy atom. The molecule has 2 aromatic rings. The molecule has 1 aliphatic heterocycles. The zero-order valence-electron chi connectivity index (χ0n) is 14.6. The highest BCUT2D eigenvalue weighted by Gasteiger charge is 2.21. The summed E-state index contributed by atoms with van der Waals surface area (Å²) >= 11 is 6.30. The minimum atomic E-state index is -0.920. The molecule has 0 bridgehead atoms. The minimum absolute atomic E-state index is 0.315. The number of aromatic nitrogens is 4. The summed E-state index contributed by atoms with van der Waals surface area (Å²) < 4.78 is 1.93. The second-order valence-corrected chi connectivity index (χ2v) is 6.96. The molecule has 0 spiro atoms. The van der Waals surface area contributed by atoms with Crippen LogP contribution in [0.1, 0.15) is 55.2 Å². The number of hydrogen-bond acceptors (Lipinski definition) is 5. The predicted molar refractivity (Wildman–Crippen MR) is 95.2 cm³/mol. The van der Waals surface area contributed by atoms with Crippen molar-refractivity contribution in [1.29, 1.82) is 0 Å². The van der Waals surface area contributed by atoms with Crippen molar-refractivity contribution in [1.82, 2.24) is 24.6 Å². The fourth-order valence-electron chi connectivity index (χ4n) is 3.17. The van der Waals surface area contributed by atoms with Crippen LogP contribution < -0.4 is 0 Å². The molecule has 1 atom stereocenters. The molecule has 3 N–H and O–H groups in total. The number of hydrogen-bond donors (Lipinski definition) is 3. The molecule has 0 aliphatic carbocycles. The van der Waals surface area contributed by atoms with Crippen molar-refractivity contribution in [2.75, 3.05) is 13.2 Å². The van der Waals surface area contributed by atoms with Crippen LogP contribution in [-0.4, -0.2) is 48.0 Å². The minimum Gasteiger partial charge on any atom is -0.393 e. The zero-order valence-corrected chi connectivity index (χ0v) is 15.3. The van der Waals surface area contributed by atoms with Crippen LogP contribution in [0.25, 0.3) is 0 Å². The summed E-state index contributed by atoms with van der Waals surface area (Å²) in [5, 5.41) is 23.9. The van der Waals surface area contributed by atoms with Crippen LogP contribution in [0.15, 0.2) is 6.07 Å². The van der Waals surface area contributed by atoms with Gasteiger partial charge in [-0.3, -0.25) is 9.58 Å². The summed E-state index contributed by atoms with van der Waals surface area (Å²) in [7, 11) is 0. The van der Waals surface area contributed by atoms with Crippen molar-refractivity contribution in [3.05, 3.63) is 34.1 Å². The Morgan fingerprint density at radius 1 is 1.40 bits per heavy atom. The van der Waals surface area contributed by atoms with Crippen molar-refractivity contribution in [3.8, 4) is 0 Å². The molecule has 3 rings (SSSR count). The first kappa shape index (κ1) is 18.4. The van der Waals surface area contributed by atoms with Crippen LogP contribution >= 0.6 is 11.6 Å². The van der Waals surface area contributed by atoms with Gasteiger partial charge in [0.25, 0.3) is 0 Å². The van der Waals surface area contributed by atoms with Gasteiger partial charge in [0.2, 0.25) is 0 Å². The van der Waals surface area contributed by atoms with E-state index in [1.807, 2.05) is 10.7 Å². The van der Waals surface area contributed by atoms with Crippen LogP contribution in [0.2, 0.25) is 5.15 Å². The molecule has 2 aromatic heterocycles. The van der Waals surface area contributed by atoms with Gasteiger partial charge in [-0.05, 0) is 18.9 Å². The highest BCUT2D eigenvalue weighted by molar-refractivity contribution is 6.30. The van der Waals surface area contributed by atoms with E-state index < -0.39 is 6.10 Å². The Bertz CT molecular complexity index is 699. The lowest BCUT2D eigenvalue weighted by molar-refractivity contribution is 0.0916. The van der Waals surface area contributed by atoms with Crippen LogP contribution in [-0.2, 0) is 26.1 Å². The molecule has 138 valence electrons. The molecule has 7 nitrogen and oxygen atoms in total. The third-order valence-electron chi connectivity index (χ3n) is 4.55. The molecule has 8 heteroatoms. The Hall–Kier alpha value is -1.41.